The van der Waals surface area contributed by atoms with Crippen LogP contribution in [0.1, 0.15) is 11.3 Å². The maximum Gasteiger partial charge on any atom is 0.182 e. The Bertz CT molecular complexity index is 1350. The molecule has 3 aromatic heterocycles. The number of aromatic amines is 1. The Morgan fingerprint density at radius 3 is 2.83 bits per heavy atom. The fourth-order valence-electron chi connectivity index (χ4n) is 3.31. The molecule has 3 heterocycles. The Hall–Kier alpha value is -3.94. The van der Waals surface area contributed by atoms with Crippen molar-refractivity contribution in [2.24, 2.45) is 0 Å². The van der Waals surface area contributed by atoms with E-state index in [1.165, 1.54) is 18.5 Å². The number of nitrogens with one attached hydrogen (secondary N) is 2. The number of H-pyrrole nitrogens is 1. The summed E-state index contributed by atoms with van der Waals surface area (Å²) < 4.78 is 13.9. The maximum absolute atomic E-state index is 13.9. The van der Waals surface area contributed by atoms with Crippen molar-refractivity contribution in [3.63, 3.8) is 0 Å². The van der Waals surface area contributed by atoms with Gasteiger partial charge in [0.1, 0.15) is 17.7 Å². The number of benzene rings is 2. The zero-order valence-electron chi connectivity index (χ0n) is 15.5. The van der Waals surface area contributed by atoms with Gasteiger partial charge in [-0.25, -0.2) is 29.3 Å². The third-order valence-electron chi connectivity index (χ3n) is 4.71. The molecule has 0 fully saturated rings. The lowest BCUT2D eigenvalue weighted by atomic mass is 10.1. The summed E-state index contributed by atoms with van der Waals surface area (Å²) in [7, 11) is 0. The monoisotopic (exact) mass is 385 g/mol. The summed E-state index contributed by atoms with van der Waals surface area (Å²) >= 11 is 0. The largest absolute Gasteiger partial charge is 0.362 e. The number of hydrogen-bond donors (Lipinski definition) is 2. The predicted octanol–water partition coefficient (Wildman–Crippen LogP) is 4.02. The number of nitrogens with zero attached hydrogens (tertiary/aromatic N) is 5. The molecular formula is C21H16FN7. The number of halogens is 1. The first-order chi connectivity index (χ1) is 14.2. The summed E-state index contributed by atoms with van der Waals surface area (Å²) in [5.74, 6) is 0.298. The van der Waals surface area contributed by atoms with Crippen LogP contribution in [0.15, 0.2) is 55.1 Å². The second-order valence-corrected chi connectivity index (χ2v) is 6.65. The highest BCUT2D eigenvalue weighted by atomic mass is 19.1. The lowest BCUT2D eigenvalue weighted by molar-refractivity contribution is 0.628. The smallest absolute Gasteiger partial charge is 0.182 e. The molecule has 0 aliphatic heterocycles. The number of imidazole rings is 1. The lowest BCUT2D eigenvalue weighted by Gasteiger charge is -2.13. The fraction of sp³-hybridized carbons (Fsp3) is 0.0952. The van der Waals surface area contributed by atoms with Gasteiger partial charge in [-0.05, 0) is 30.7 Å². The van der Waals surface area contributed by atoms with Crippen LogP contribution in [0.4, 0.5) is 10.2 Å². The van der Waals surface area contributed by atoms with Gasteiger partial charge in [0.05, 0.1) is 35.3 Å². The van der Waals surface area contributed by atoms with E-state index in [9.17, 15) is 4.39 Å². The number of rotatable bonds is 4. The minimum Gasteiger partial charge on any atom is -0.362 e. The highest BCUT2D eigenvalue weighted by Crippen LogP contribution is 2.26. The average molecular weight is 385 g/mol. The van der Waals surface area contributed by atoms with Crippen LogP contribution in [-0.4, -0.2) is 29.9 Å². The minimum absolute atomic E-state index is 0.317. The Morgan fingerprint density at radius 1 is 1.03 bits per heavy atom. The molecule has 7 nitrogen and oxygen atoms in total. The van der Waals surface area contributed by atoms with Crippen LogP contribution in [0.5, 0.6) is 0 Å². The van der Waals surface area contributed by atoms with E-state index in [1.807, 2.05) is 31.2 Å². The molecule has 0 unspecified atom stereocenters. The van der Waals surface area contributed by atoms with Gasteiger partial charge in [-0.15, -0.1) is 0 Å². The van der Waals surface area contributed by atoms with Crippen molar-refractivity contribution in [3.8, 4) is 11.3 Å². The number of aryl methyl sites for hydroxylation is 1. The zero-order chi connectivity index (χ0) is 19.8. The molecule has 0 aliphatic rings. The fourth-order valence-corrected chi connectivity index (χ4v) is 3.31. The third-order valence-corrected chi connectivity index (χ3v) is 4.71. The van der Waals surface area contributed by atoms with Crippen LogP contribution in [0, 0.1) is 12.7 Å². The number of anilines is 1. The zero-order valence-corrected chi connectivity index (χ0v) is 15.5. The first kappa shape index (κ1) is 17.2. The van der Waals surface area contributed by atoms with Gasteiger partial charge in [-0.2, -0.15) is 0 Å². The van der Waals surface area contributed by atoms with Crippen molar-refractivity contribution >= 4 is 28.0 Å². The summed E-state index contributed by atoms with van der Waals surface area (Å²) in [4.78, 5) is 25.2. The molecular weight excluding hydrogens is 369 g/mol. The second-order valence-electron chi connectivity index (χ2n) is 6.65. The Morgan fingerprint density at radius 2 is 1.93 bits per heavy atom. The summed E-state index contributed by atoms with van der Waals surface area (Å²) in [6.07, 6.45) is 3.02. The van der Waals surface area contributed by atoms with Gasteiger partial charge >= 0.3 is 0 Å². The van der Waals surface area contributed by atoms with Gasteiger partial charge in [-0.3, -0.25) is 0 Å². The lowest BCUT2D eigenvalue weighted by Crippen LogP contribution is -2.08. The van der Waals surface area contributed by atoms with Crippen molar-refractivity contribution in [2.75, 3.05) is 5.32 Å². The van der Waals surface area contributed by atoms with E-state index in [-0.39, 0.29) is 5.82 Å². The van der Waals surface area contributed by atoms with Crippen molar-refractivity contribution in [3.05, 3.63) is 72.2 Å². The SMILES string of the molecule is Cc1cccc2nc(CNc3ncnc4nc[nH]c34)c(-c3cccc(F)c3)nc12. The predicted molar refractivity (Wildman–Crippen MR) is 109 cm³/mol. The van der Waals surface area contributed by atoms with E-state index in [0.717, 1.165) is 16.6 Å². The summed E-state index contributed by atoms with van der Waals surface area (Å²) in [5, 5.41) is 3.28. The van der Waals surface area contributed by atoms with Crippen molar-refractivity contribution in [1.82, 2.24) is 29.9 Å². The van der Waals surface area contributed by atoms with Gasteiger partial charge in [0.15, 0.2) is 11.5 Å². The molecule has 0 saturated carbocycles. The van der Waals surface area contributed by atoms with Gasteiger partial charge < -0.3 is 10.3 Å². The minimum atomic E-state index is -0.317. The molecule has 0 radical (unpaired) electrons. The molecule has 5 aromatic rings. The molecule has 2 aromatic carbocycles. The van der Waals surface area contributed by atoms with Crippen molar-refractivity contribution in [1.29, 1.82) is 0 Å². The molecule has 0 atom stereocenters. The molecule has 0 saturated heterocycles. The van der Waals surface area contributed by atoms with Gasteiger partial charge in [0.2, 0.25) is 0 Å². The molecule has 5 rings (SSSR count). The van der Waals surface area contributed by atoms with E-state index >= 15 is 0 Å². The normalized spacial score (nSPS) is 11.2. The van der Waals surface area contributed by atoms with Crippen LogP contribution in [0.3, 0.4) is 0 Å². The third kappa shape index (κ3) is 3.14. The van der Waals surface area contributed by atoms with Gasteiger partial charge in [-0.1, -0.05) is 24.3 Å². The summed E-state index contributed by atoms with van der Waals surface area (Å²) in [6, 6.07) is 12.2. The molecule has 0 spiro atoms. The van der Waals surface area contributed by atoms with Crippen LogP contribution in [0.2, 0.25) is 0 Å². The Kier molecular flexibility index (Phi) is 4.09. The second kappa shape index (κ2) is 6.90. The molecule has 0 bridgehead atoms. The van der Waals surface area contributed by atoms with E-state index in [0.29, 0.717) is 40.5 Å². The topological polar surface area (TPSA) is 92.3 Å². The molecule has 0 aliphatic carbocycles. The van der Waals surface area contributed by atoms with Crippen molar-refractivity contribution in [2.45, 2.75) is 13.5 Å². The van der Waals surface area contributed by atoms with E-state index in [2.05, 4.69) is 25.3 Å². The van der Waals surface area contributed by atoms with Crippen LogP contribution >= 0.6 is 0 Å². The average Bonchev–Trinajstić information content (AvgIpc) is 3.21. The van der Waals surface area contributed by atoms with Gasteiger partial charge in [0, 0.05) is 5.56 Å². The van der Waals surface area contributed by atoms with E-state index in [1.54, 1.807) is 12.4 Å². The number of para-hydroxylation sites is 1. The highest BCUT2D eigenvalue weighted by Gasteiger charge is 2.14. The molecule has 2 N–H and O–H groups in total. The Labute approximate surface area is 165 Å². The summed E-state index contributed by atoms with van der Waals surface area (Å²) in [6.45, 7) is 2.34. The van der Waals surface area contributed by atoms with Crippen LogP contribution < -0.4 is 5.32 Å². The standard InChI is InChI=1S/C21H16FN7/c1-12-4-2-7-15-17(12)29-18(13-5-3-6-14(22)8-13)16(28-15)9-23-20-19-21(25-10-24-19)27-11-26-20/h2-8,10-11H,9H2,1H3,(H2,23,24,25,26,27). The Balaban J connectivity index is 1.61. The molecule has 142 valence electrons. The van der Waals surface area contributed by atoms with E-state index in [4.69, 9.17) is 9.97 Å². The molecule has 29 heavy (non-hydrogen) atoms. The van der Waals surface area contributed by atoms with Crippen LogP contribution in [0.25, 0.3) is 33.5 Å². The number of aromatic nitrogens is 6. The van der Waals surface area contributed by atoms with Crippen LogP contribution in [-0.2, 0) is 6.54 Å². The maximum atomic E-state index is 13.9. The summed E-state index contributed by atoms with van der Waals surface area (Å²) in [5.41, 5.74) is 5.90. The number of fused-ring (bicyclic) bond motifs is 2. The highest BCUT2D eigenvalue weighted by molar-refractivity contribution is 5.83. The molecule has 8 heteroatoms. The first-order valence-corrected chi connectivity index (χ1v) is 9.09. The quantitative estimate of drug-likeness (QED) is 0.485. The first-order valence-electron chi connectivity index (χ1n) is 9.09. The van der Waals surface area contributed by atoms with E-state index < -0.39 is 0 Å². The van der Waals surface area contributed by atoms with Gasteiger partial charge in [0.25, 0.3) is 0 Å². The number of hydrogen-bond acceptors (Lipinski definition) is 6. The molecule has 0 amide bonds. The van der Waals surface area contributed by atoms with Crippen molar-refractivity contribution < 1.29 is 4.39 Å².